The van der Waals surface area contributed by atoms with Gasteiger partial charge in [-0.2, -0.15) is 0 Å². The van der Waals surface area contributed by atoms with Crippen LogP contribution in [0.4, 0.5) is 0 Å². The van der Waals surface area contributed by atoms with E-state index in [0.29, 0.717) is 11.8 Å². The van der Waals surface area contributed by atoms with E-state index in [-0.39, 0.29) is 0 Å². The van der Waals surface area contributed by atoms with Crippen LogP contribution < -0.4 is 0 Å². The first-order valence-electron chi connectivity index (χ1n) is 4.63. The van der Waals surface area contributed by atoms with Crippen LogP contribution in [0.15, 0.2) is 0 Å². The Morgan fingerprint density at radius 1 is 0.818 bits per heavy atom. The molecule has 2 nitrogen and oxygen atoms in total. The molecule has 0 aromatic carbocycles. The standard InChI is InChI=1S/C9H16O2/c10-8-4-6-2-1-3-7(6)5-9(8)11/h6-11H,1-5H2/t6-,7+,8-,9+. The molecule has 2 aliphatic carbocycles. The summed E-state index contributed by atoms with van der Waals surface area (Å²) in [4.78, 5) is 0. The van der Waals surface area contributed by atoms with Crippen molar-refractivity contribution < 1.29 is 10.2 Å². The summed E-state index contributed by atoms with van der Waals surface area (Å²) in [7, 11) is 0. The van der Waals surface area contributed by atoms with Crippen LogP contribution in [0.25, 0.3) is 0 Å². The Bertz CT molecular complexity index is 130. The Hall–Kier alpha value is -0.0800. The monoisotopic (exact) mass is 156 g/mol. The molecule has 11 heavy (non-hydrogen) atoms. The molecular weight excluding hydrogens is 140 g/mol. The van der Waals surface area contributed by atoms with Crippen LogP contribution >= 0.6 is 0 Å². The number of aliphatic hydroxyl groups is 2. The van der Waals surface area contributed by atoms with Gasteiger partial charge in [0.1, 0.15) is 0 Å². The van der Waals surface area contributed by atoms with E-state index in [4.69, 9.17) is 0 Å². The van der Waals surface area contributed by atoms with Gasteiger partial charge in [-0.3, -0.25) is 0 Å². The molecule has 64 valence electrons. The maximum Gasteiger partial charge on any atom is 0.0802 e. The highest BCUT2D eigenvalue weighted by Crippen LogP contribution is 2.41. The minimum absolute atomic E-state index is 0.436. The van der Waals surface area contributed by atoms with Gasteiger partial charge in [-0.1, -0.05) is 19.3 Å². The second kappa shape index (κ2) is 2.76. The highest BCUT2D eigenvalue weighted by atomic mass is 16.3. The summed E-state index contributed by atoms with van der Waals surface area (Å²) in [6.07, 6.45) is 4.65. The molecule has 0 aromatic rings. The van der Waals surface area contributed by atoms with Crippen molar-refractivity contribution in [1.29, 1.82) is 0 Å². The summed E-state index contributed by atoms with van der Waals surface area (Å²) in [5, 5.41) is 18.7. The molecule has 0 bridgehead atoms. The van der Waals surface area contributed by atoms with E-state index in [2.05, 4.69) is 0 Å². The number of fused-ring (bicyclic) bond motifs is 1. The first kappa shape index (κ1) is 7.56. The molecule has 2 aliphatic rings. The lowest BCUT2D eigenvalue weighted by Crippen LogP contribution is -2.36. The van der Waals surface area contributed by atoms with Gasteiger partial charge in [-0.25, -0.2) is 0 Å². The largest absolute Gasteiger partial charge is 0.390 e. The maximum atomic E-state index is 9.37. The van der Waals surface area contributed by atoms with Crippen molar-refractivity contribution >= 4 is 0 Å². The van der Waals surface area contributed by atoms with Crippen molar-refractivity contribution in [2.24, 2.45) is 11.8 Å². The highest BCUT2D eigenvalue weighted by molar-refractivity contribution is 4.88. The third-order valence-corrected chi connectivity index (χ3v) is 3.35. The summed E-state index contributed by atoms with van der Waals surface area (Å²) in [6, 6.07) is 0. The van der Waals surface area contributed by atoms with Crippen molar-refractivity contribution in [3.63, 3.8) is 0 Å². The second-order valence-corrected chi connectivity index (χ2v) is 4.06. The van der Waals surface area contributed by atoms with Crippen molar-refractivity contribution in [3.05, 3.63) is 0 Å². The third-order valence-electron chi connectivity index (χ3n) is 3.35. The maximum absolute atomic E-state index is 9.37. The van der Waals surface area contributed by atoms with E-state index < -0.39 is 12.2 Å². The first-order valence-corrected chi connectivity index (χ1v) is 4.63. The Morgan fingerprint density at radius 2 is 1.27 bits per heavy atom. The van der Waals surface area contributed by atoms with Crippen molar-refractivity contribution in [3.8, 4) is 0 Å². The van der Waals surface area contributed by atoms with Crippen LogP contribution in [-0.4, -0.2) is 22.4 Å². The van der Waals surface area contributed by atoms with Crippen molar-refractivity contribution in [2.75, 3.05) is 0 Å². The lowest BCUT2D eigenvalue weighted by atomic mass is 9.79. The van der Waals surface area contributed by atoms with Crippen LogP contribution in [-0.2, 0) is 0 Å². The summed E-state index contributed by atoms with van der Waals surface area (Å²) in [5.74, 6) is 1.43. The van der Waals surface area contributed by atoms with Gasteiger partial charge < -0.3 is 10.2 Å². The molecule has 0 aliphatic heterocycles. The average Bonchev–Trinajstić information content (AvgIpc) is 2.36. The van der Waals surface area contributed by atoms with Crippen LogP contribution in [0.1, 0.15) is 32.1 Å². The van der Waals surface area contributed by atoms with Crippen LogP contribution in [0.2, 0.25) is 0 Å². The average molecular weight is 156 g/mol. The SMILES string of the molecule is O[C@@H]1C[C@H]2CCC[C@H]2C[C@@H]1O. The molecule has 0 heterocycles. The van der Waals surface area contributed by atoms with Crippen LogP contribution in [0, 0.1) is 11.8 Å². The molecular formula is C9H16O2. The Kier molecular flexibility index (Phi) is 1.90. The third kappa shape index (κ3) is 1.30. The van der Waals surface area contributed by atoms with Gasteiger partial charge >= 0.3 is 0 Å². The van der Waals surface area contributed by atoms with Gasteiger partial charge in [-0.15, -0.1) is 0 Å². The molecule has 2 heteroatoms. The molecule has 2 saturated carbocycles. The smallest absolute Gasteiger partial charge is 0.0802 e. The van der Waals surface area contributed by atoms with Gasteiger partial charge in [0.2, 0.25) is 0 Å². The fourth-order valence-electron chi connectivity index (χ4n) is 2.67. The molecule has 2 N–H and O–H groups in total. The fourth-order valence-corrected chi connectivity index (χ4v) is 2.67. The van der Waals surface area contributed by atoms with E-state index in [1.165, 1.54) is 19.3 Å². The van der Waals surface area contributed by atoms with Crippen molar-refractivity contribution in [1.82, 2.24) is 0 Å². The van der Waals surface area contributed by atoms with Crippen LogP contribution in [0.5, 0.6) is 0 Å². The zero-order valence-corrected chi connectivity index (χ0v) is 6.74. The molecule has 2 rings (SSSR count). The lowest BCUT2D eigenvalue weighted by molar-refractivity contribution is -0.0408. The minimum Gasteiger partial charge on any atom is -0.390 e. The molecule has 0 radical (unpaired) electrons. The summed E-state index contributed by atoms with van der Waals surface area (Å²) >= 11 is 0. The molecule has 0 saturated heterocycles. The lowest BCUT2D eigenvalue weighted by Gasteiger charge is -2.32. The Labute approximate surface area is 67.2 Å². The Morgan fingerprint density at radius 3 is 1.73 bits per heavy atom. The predicted molar refractivity (Wildman–Crippen MR) is 42.1 cm³/mol. The van der Waals surface area contributed by atoms with Gasteiger partial charge in [0, 0.05) is 0 Å². The summed E-state index contributed by atoms with van der Waals surface area (Å²) in [6.45, 7) is 0. The number of hydrogen-bond donors (Lipinski definition) is 2. The zero-order chi connectivity index (χ0) is 7.84. The van der Waals surface area contributed by atoms with Gasteiger partial charge in [0.05, 0.1) is 12.2 Å². The fraction of sp³-hybridized carbons (Fsp3) is 1.00. The van der Waals surface area contributed by atoms with E-state index in [9.17, 15) is 10.2 Å². The van der Waals surface area contributed by atoms with E-state index >= 15 is 0 Å². The van der Waals surface area contributed by atoms with E-state index in [0.717, 1.165) is 12.8 Å². The number of hydrogen-bond acceptors (Lipinski definition) is 2. The second-order valence-electron chi connectivity index (χ2n) is 4.06. The van der Waals surface area contributed by atoms with Crippen LogP contribution in [0.3, 0.4) is 0 Å². The number of aliphatic hydroxyl groups excluding tert-OH is 2. The Balaban J connectivity index is 2.00. The number of rotatable bonds is 0. The molecule has 0 unspecified atom stereocenters. The first-order chi connectivity index (χ1) is 5.27. The van der Waals surface area contributed by atoms with Crippen molar-refractivity contribution in [2.45, 2.75) is 44.3 Å². The van der Waals surface area contributed by atoms with Gasteiger partial charge in [-0.05, 0) is 24.7 Å². The summed E-state index contributed by atoms with van der Waals surface area (Å²) in [5.41, 5.74) is 0. The predicted octanol–water partition coefficient (Wildman–Crippen LogP) is 0.918. The van der Waals surface area contributed by atoms with Gasteiger partial charge in [0.15, 0.2) is 0 Å². The molecule has 4 atom stereocenters. The van der Waals surface area contributed by atoms with E-state index in [1.807, 2.05) is 0 Å². The van der Waals surface area contributed by atoms with E-state index in [1.54, 1.807) is 0 Å². The molecule has 0 amide bonds. The topological polar surface area (TPSA) is 40.5 Å². The minimum atomic E-state index is -0.436. The molecule has 2 fully saturated rings. The van der Waals surface area contributed by atoms with Gasteiger partial charge in [0.25, 0.3) is 0 Å². The molecule has 0 spiro atoms. The zero-order valence-electron chi connectivity index (χ0n) is 6.74. The quantitative estimate of drug-likeness (QED) is 0.547. The molecule has 0 aromatic heterocycles. The summed E-state index contributed by atoms with van der Waals surface area (Å²) < 4.78 is 0. The normalized spacial score (nSPS) is 50.7. The highest BCUT2D eigenvalue weighted by Gasteiger charge is 2.37.